The Morgan fingerprint density at radius 2 is 1.57 bits per heavy atom. The number of carbonyl (C=O) groups is 1. The Bertz CT molecular complexity index is 1200. The van der Waals surface area contributed by atoms with Crippen molar-refractivity contribution < 1.29 is 13.2 Å². The molecular formula is C23H23N3O3S. The summed E-state index contributed by atoms with van der Waals surface area (Å²) in [7, 11) is -3.84. The van der Waals surface area contributed by atoms with Gasteiger partial charge in [0.25, 0.3) is 15.9 Å². The molecule has 0 aliphatic rings. The van der Waals surface area contributed by atoms with Crippen LogP contribution in [-0.2, 0) is 10.0 Å². The molecule has 154 valence electrons. The molecule has 3 aromatic carbocycles. The first-order chi connectivity index (χ1) is 14.3. The summed E-state index contributed by atoms with van der Waals surface area (Å²) in [5, 5.41) is 4.10. The quantitative estimate of drug-likeness (QED) is 0.460. The van der Waals surface area contributed by atoms with E-state index in [1.165, 1.54) is 18.2 Å². The van der Waals surface area contributed by atoms with Crippen molar-refractivity contribution in [3.63, 3.8) is 0 Å². The van der Waals surface area contributed by atoms with Gasteiger partial charge in [0.15, 0.2) is 0 Å². The molecule has 6 nitrogen and oxygen atoms in total. The molecule has 2 N–H and O–H groups in total. The van der Waals surface area contributed by atoms with Crippen molar-refractivity contribution in [3.8, 4) is 0 Å². The van der Waals surface area contributed by atoms with Crippen LogP contribution in [0, 0.1) is 13.8 Å². The van der Waals surface area contributed by atoms with Gasteiger partial charge >= 0.3 is 0 Å². The van der Waals surface area contributed by atoms with Crippen LogP contribution in [-0.4, -0.2) is 20.0 Å². The highest BCUT2D eigenvalue weighted by molar-refractivity contribution is 7.92. The van der Waals surface area contributed by atoms with Crippen LogP contribution in [0.4, 0.5) is 5.69 Å². The van der Waals surface area contributed by atoms with Crippen molar-refractivity contribution >= 4 is 27.3 Å². The maximum absolute atomic E-state index is 12.8. The first-order valence-corrected chi connectivity index (χ1v) is 10.8. The highest BCUT2D eigenvalue weighted by atomic mass is 32.2. The molecule has 0 atom stereocenters. The van der Waals surface area contributed by atoms with E-state index in [1.54, 1.807) is 19.1 Å². The summed E-state index contributed by atoms with van der Waals surface area (Å²) < 4.78 is 28.2. The van der Waals surface area contributed by atoms with E-state index in [0.29, 0.717) is 11.4 Å². The third-order valence-electron chi connectivity index (χ3n) is 4.55. The van der Waals surface area contributed by atoms with Crippen LogP contribution >= 0.6 is 0 Å². The van der Waals surface area contributed by atoms with E-state index in [2.05, 4.69) is 15.2 Å². The fourth-order valence-electron chi connectivity index (χ4n) is 2.88. The van der Waals surface area contributed by atoms with E-state index < -0.39 is 15.9 Å². The molecule has 0 heterocycles. The zero-order valence-electron chi connectivity index (χ0n) is 17.0. The van der Waals surface area contributed by atoms with Crippen LogP contribution in [0.2, 0.25) is 0 Å². The number of sulfonamides is 1. The molecule has 1 amide bonds. The minimum atomic E-state index is -3.84. The average Bonchev–Trinajstić information content (AvgIpc) is 2.74. The van der Waals surface area contributed by atoms with Gasteiger partial charge in [0.05, 0.1) is 16.3 Å². The third kappa shape index (κ3) is 5.12. The second-order valence-corrected chi connectivity index (χ2v) is 8.64. The summed E-state index contributed by atoms with van der Waals surface area (Å²) >= 11 is 0. The van der Waals surface area contributed by atoms with Gasteiger partial charge in [0, 0.05) is 5.56 Å². The van der Waals surface area contributed by atoms with E-state index in [-0.39, 0.29) is 10.5 Å². The van der Waals surface area contributed by atoms with Crippen molar-refractivity contribution in [1.82, 2.24) is 5.43 Å². The topological polar surface area (TPSA) is 87.6 Å². The zero-order valence-corrected chi connectivity index (χ0v) is 17.8. The summed E-state index contributed by atoms with van der Waals surface area (Å²) in [5.41, 5.74) is 6.55. The largest absolute Gasteiger partial charge is 0.279 e. The number of hydrogen-bond acceptors (Lipinski definition) is 4. The zero-order chi connectivity index (χ0) is 21.7. The van der Waals surface area contributed by atoms with Gasteiger partial charge in [-0.2, -0.15) is 5.10 Å². The number of benzene rings is 3. The van der Waals surface area contributed by atoms with Crippen LogP contribution < -0.4 is 10.1 Å². The first kappa shape index (κ1) is 21.3. The van der Waals surface area contributed by atoms with Gasteiger partial charge in [0.1, 0.15) is 0 Å². The molecule has 0 saturated carbocycles. The van der Waals surface area contributed by atoms with Crippen LogP contribution in [0.3, 0.4) is 0 Å². The Balaban J connectivity index is 1.78. The first-order valence-electron chi connectivity index (χ1n) is 9.36. The van der Waals surface area contributed by atoms with Gasteiger partial charge in [-0.25, -0.2) is 13.8 Å². The van der Waals surface area contributed by atoms with E-state index in [9.17, 15) is 13.2 Å². The lowest BCUT2D eigenvalue weighted by atomic mass is 10.1. The number of nitrogens with zero attached hydrogens (tertiary/aromatic N) is 1. The van der Waals surface area contributed by atoms with E-state index in [4.69, 9.17) is 0 Å². The predicted molar refractivity (Wildman–Crippen MR) is 119 cm³/mol. The predicted octanol–water partition coefficient (Wildman–Crippen LogP) is 4.26. The van der Waals surface area contributed by atoms with Gasteiger partial charge in [-0.3, -0.25) is 9.52 Å². The maximum Gasteiger partial charge on any atom is 0.271 e. The fraction of sp³-hybridized carbons (Fsp3) is 0.130. The Hall–Kier alpha value is -3.45. The number of rotatable bonds is 6. The minimum Gasteiger partial charge on any atom is -0.279 e. The van der Waals surface area contributed by atoms with Crippen LogP contribution in [0.15, 0.2) is 82.8 Å². The van der Waals surface area contributed by atoms with Gasteiger partial charge in [0.2, 0.25) is 0 Å². The van der Waals surface area contributed by atoms with E-state index >= 15 is 0 Å². The lowest BCUT2D eigenvalue weighted by Crippen LogP contribution is -2.20. The number of carbonyl (C=O) groups excluding carboxylic acids is 1. The molecule has 0 fully saturated rings. The van der Waals surface area contributed by atoms with Crippen LogP contribution in [0.5, 0.6) is 0 Å². The van der Waals surface area contributed by atoms with Crippen molar-refractivity contribution in [1.29, 1.82) is 0 Å². The standard InChI is InChI=1S/C23H23N3O3S/c1-16-12-13-22(17(2)14-16)26-30(28,29)21-11-7-10-20(15-21)23(27)25-24-18(3)19-8-5-4-6-9-19/h4-15,26H,1-3H3,(H,25,27). The van der Waals surface area contributed by atoms with Gasteiger partial charge in [-0.05, 0) is 56.2 Å². The highest BCUT2D eigenvalue weighted by Crippen LogP contribution is 2.21. The lowest BCUT2D eigenvalue weighted by Gasteiger charge is -2.12. The second-order valence-electron chi connectivity index (χ2n) is 6.96. The van der Waals surface area contributed by atoms with Gasteiger partial charge < -0.3 is 0 Å². The molecule has 0 radical (unpaired) electrons. The number of aryl methyl sites for hydroxylation is 2. The molecular weight excluding hydrogens is 398 g/mol. The lowest BCUT2D eigenvalue weighted by molar-refractivity contribution is 0.0954. The highest BCUT2D eigenvalue weighted by Gasteiger charge is 2.17. The third-order valence-corrected chi connectivity index (χ3v) is 5.91. The smallest absolute Gasteiger partial charge is 0.271 e. The van der Waals surface area contributed by atoms with Gasteiger partial charge in [-0.15, -0.1) is 0 Å². The number of nitrogens with one attached hydrogen (secondary N) is 2. The molecule has 7 heteroatoms. The second kappa shape index (κ2) is 8.92. The molecule has 0 saturated heterocycles. The number of hydrogen-bond donors (Lipinski definition) is 2. The maximum atomic E-state index is 12.8. The normalized spacial score (nSPS) is 11.8. The molecule has 0 unspecified atom stereocenters. The summed E-state index contributed by atoms with van der Waals surface area (Å²) in [6.45, 7) is 5.56. The molecule has 3 rings (SSSR count). The molecule has 0 spiro atoms. The van der Waals surface area contributed by atoms with E-state index in [0.717, 1.165) is 16.7 Å². The molecule has 30 heavy (non-hydrogen) atoms. The monoisotopic (exact) mass is 421 g/mol. The average molecular weight is 422 g/mol. The fourth-order valence-corrected chi connectivity index (χ4v) is 4.06. The Morgan fingerprint density at radius 3 is 2.27 bits per heavy atom. The summed E-state index contributed by atoms with van der Waals surface area (Å²) in [5.74, 6) is -0.492. The Morgan fingerprint density at radius 1 is 0.867 bits per heavy atom. The Labute approximate surface area is 176 Å². The summed E-state index contributed by atoms with van der Waals surface area (Å²) in [4.78, 5) is 12.5. The van der Waals surface area contributed by atoms with E-state index in [1.807, 2.05) is 56.3 Å². The van der Waals surface area contributed by atoms with Crippen LogP contribution in [0.25, 0.3) is 0 Å². The number of anilines is 1. The SMILES string of the molecule is CC(=NNC(=O)c1cccc(S(=O)(=O)Nc2ccc(C)cc2C)c1)c1ccccc1. The van der Waals surface area contributed by atoms with Crippen molar-refractivity contribution in [2.45, 2.75) is 25.7 Å². The van der Waals surface area contributed by atoms with Crippen molar-refractivity contribution in [3.05, 3.63) is 95.1 Å². The minimum absolute atomic E-state index is 0.00103. The summed E-state index contributed by atoms with van der Waals surface area (Å²) in [6.07, 6.45) is 0. The molecule has 3 aromatic rings. The number of hydrazone groups is 1. The molecule has 0 aromatic heterocycles. The number of amides is 1. The molecule has 0 aliphatic heterocycles. The molecule has 0 bridgehead atoms. The van der Waals surface area contributed by atoms with Crippen LogP contribution in [0.1, 0.15) is 34.0 Å². The summed E-state index contributed by atoms with van der Waals surface area (Å²) in [6, 6.07) is 20.7. The van der Waals surface area contributed by atoms with Crippen molar-refractivity contribution in [2.24, 2.45) is 5.10 Å². The van der Waals surface area contributed by atoms with Crippen molar-refractivity contribution in [2.75, 3.05) is 4.72 Å². The van der Waals surface area contributed by atoms with Gasteiger partial charge in [-0.1, -0.05) is 54.1 Å². The molecule has 0 aliphatic carbocycles. The Kier molecular flexibility index (Phi) is 6.32.